The SMILES string of the molecule is CC(C)(C)[Si](C)(C)OCc1cn(-c2ccc(Cl)cc2C=O)nn1. The summed E-state index contributed by atoms with van der Waals surface area (Å²) in [5.74, 6) is 0. The van der Waals surface area contributed by atoms with Crippen molar-refractivity contribution in [3.63, 3.8) is 0 Å². The Morgan fingerprint density at radius 1 is 1.35 bits per heavy atom. The number of hydrogen-bond donors (Lipinski definition) is 0. The second-order valence-electron chi connectivity index (χ2n) is 7.02. The highest BCUT2D eigenvalue weighted by Crippen LogP contribution is 2.36. The number of rotatable bonds is 5. The maximum absolute atomic E-state index is 11.2. The molecule has 0 fully saturated rings. The Kier molecular flexibility index (Phi) is 5.08. The van der Waals surface area contributed by atoms with Crippen LogP contribution in [0.25, 0.3) is 5.69 Å². The highest BCUT2D eigenvalue weighted by molar-refractivity contribution is 6.74. The van der Waals surface area contributed by atoms with Gasteiger partial charge in [-0.1, -0.05) is 37.6 Å². The van der Waals surface area contributed by atoms with Gasteiger partial charge >= 0.3 is 0 Å². The number of halogens is 1. The zero-order chi connectivity index (χ0) is 17.3. The summed E-state index contributed by atoms with van der Waals surface area (Å²) >= 11 is 5.91. The summed E-state index contributed by atoms with van der Waals surface area (Å²) in [6, 6.07) is 5.08. The summed E-state index contributed by atoms with van der Waals surface area (Å²) < 4.78 is 7.71. The van der Waals surface area contributed by atoms with Gasteiger partial charge in [0.05, 0.1) is 18.5 Å². The average Bonchev–Trinajstić information content (AvgIpc) is 2.92. The summed E-state index contributed by atoms with van der Waals surface area (Å²) in [5, 5.41) is 8.88. The molecule has 0 spiro atoms. The number of carbonyl (C=O) groups is 1. The molecule has 7 heteroatoms. The molecule has 0 aliphatic carbocycles. The van der Waals surface area contributed by atoms with Gasteiger partial charge in [-0.05, 0) is 36.3 Å². The number of aldehydes is 1. The molecule has 0 atom stereocenters. The fourth-order valence-electron chi connectivity index (χ4n) is 1.78. The van der Waals surface area contributed by atoms with Crippen molar-refractivity contribution in [2.45, 2.75) is 45.5 Å². The molecule has 0 bridgehead atoms. The first kappa shape index (κ1) is 17.8. The van der Waals surface area contributed by atoms with Crippen LogP contribution in [0.1, 0.15) is 36.8 Å². The highest BCUT2D eigenvalue weighted by Gasteiger charge is 2.37. The van der Waals surface area contributed by atoms with Crippen molar-refractivity contribution in [2.75, 3.05) is 0 Å². The van der Waals surface area contributed by atoms with E-state index in [0.29, 0.717) is 22.9 Å². The highest BCUT2D eigenvalue weighted by atomic mass is 35.5. The van der Waals surface area contributed by atoms with Crippen LogP contribution in [-0.2, 0) is 11.0 Å². The lowest BCUT2D eigenvalue weighted by Crippen LogP contribution is -2.40. The topological polar surface area (TPSA) is 57.0 Å². The van der Waals surface area contributed by atoms with Gasteiger partial charge < -0.3 is 4.43 Å². The van der Waals surface area contributed by atoms with Gasteiger partial charge in [0.1, 0.15) is 5.69 Å². The molecule has 23 heavy (non-hydrogen) atoms. The Hall–Kier alpha value is -1.50. The largest absolute Gasteiger partial charge is 0.411 e. The molecule has 0 saturated carbocycles. The van der Waals surface area contributed by atoms with Gasteiger partial charge in [0.15, 0.2) is 14.6 Å². The summed E-state index contributed by atoms with van der Waals surface area (Å²) in [6.07, 6.45) is 2.54. The first-order valence-corrected chi connectivity index (χ1v) is 10.7. The van der Waals surface area contributed by atoms with Crippen LogP contribution in [0.15, 0.2) is 24.4 Å². The predicted molar refractivity (Wildman–Crippen MR) is 93.7 cm³/mol. The number of carbonyl (C=O) groups excluding carboxylic acids is 1. The Balaban J connectivity index is 2.17. The lowest BCUT2D eigenvalue weighted by Gasteiger charge is -2.35. The van der Waals surface area contributed by atoms with E-state index in [1.165, 1.54) is 0 Å². The van der Waals surface area contributed by atoms with Crippen LogP contribution >= 0.6 is 11.6 Å². The quantitative estimate of drug-likeness (QED) is 0.596. The van der Waals surface area contributed by atoms with Crippen LogP contribution < -0.4 is 0 Å². The second-order valence-corrected chi connectivity index (χ2v) is 12.3. The first-order chi connectivity index (χ1) is 10.6. The van der Waals surface area contributed by atoms with E-state index in [1.54, 1.807) is 29.1 Å². The molecule has 5 nitrogen and oxygen atoms in total. The van der Waals surface area contributed by atoms with Crippen molar-refractivity contribution in [1.29, 1.82) is 0 Å². The van der Waals surface area contributed by atoms with E-state index >= 15 is 0 Å². The van der Waals surface area contributed by atoms with Crippen molar-refractivity contribution >= 4 is 26.2 Å². The normalized spacial score (nSPS) is 12.4. The van der Waals surface area contributed by atoms with Crippen LogP contribution in [0.5, 0.6) is 0 Å². The third-order valence-electron chi connectivity index (χ3n) is 4.29. The minimum atomic E-state index is -1.83. The Labute approximate surface area is 142 Å². The molecule has 0 unspecified atom stereocenters. The smallest absolute Gasteiger partial charge is 0.192 e. The van der Waals surface area contributed by atoms with E-state index in [1.807, 2.05) is 0 Å². The van der Waals surface area contributed by atoms with E-state index in [4.69, 9.17) is 16.0 Å². The van der Waals surface area contributed by atoms with E-state index in [2.05, 4.69) is 44.2 Å². The molecule has 1 aromatic heterocycles. The zero-order valence-electron chi connectivity index (χ0n) is 14.1. The van der Waals surface area contributed by atoms with E-state index in [0.717, 1.165) is 12.0 Å². The Morgan fingerprint density at radius 3 is 2.65 bits per heavy atom. The molecule has 124 valence electrons. The van der Waals surface area contributed by atoms with Crippen LogP contribution in [0.3, 0.4) is 0 Å². The van der Waals surface area contributed by atoms with Crippen molar-refractivity contribution in [3.8, 4) is 5.69 Å². The summed E-state index contributed by atoms with van der Waals surface area (Å²) in [7, 11) is -1.83. The summed E-state index contributed by atoms with van der Waals surface area (Å²) in [5.41, 5.74) is 1.86. The molecule has 2 rings (SSSR count). The van der Waals surface area contributed by atoms with Crippen molar-refractivity contribution in [3.05, 3.63) is 40.7 Å². The van der Waals surface area contributed by atoms with E-state index in [9.17, 15) is 4.79 Å². The fraction of sp³-hybridized carbons (Fsp3) is 0.438. The molecule has 0 radical (unpaired) electrons. The molecule has 1 heterocycles. The zero-order valence-corrected chi connectivity index (χ0v) is 15.9. The molecular formula is C16H22ClN3O2Si. The lowest BCUT2D eigenvalue weighted by atomic mass is 10.2. The van der Waals surface area contributed by atoms with Gasteiger partial charge in [-0.25, -0.2) is 4.68 Å². The molecule has 0 saturated heterocycles. The molecule has 0 aliphatic rings. The summed E-state index contributed by atoms with van der Waals surface area (Å²) in [4.78, 5) is 11.2. The number of nitrogens with zero attached hydrogens (tertiary/aromatic N) is 3. The molecule has 0 amide bonds. The van der Waals surface area contributed by atoms with Gasteiger partial charge in [0.2, 0.25) is 0 Å². The Morgan fingerprint density at radius 2 is 2.04 bits per heavy atom. The summed E-state index contributed by atoms with van der Waals surface area (Å²) in [6.45, 7) is 11.4. The van der Waals surface area contributed by atoms with Gasteiger partial charge in [-0.15, -0.1) is 5.10 Å². The molecule has 2 aromatic rings. The maximum atomic E-state index is 11.2. The van der Waals surface area contributed by atoms with Gasteiger partial charge in [-0.3, -0.25) is 4.79 Å². The predicted octanol–water partition coefficient (Wildman–Crippen LogP) is 4.26. The molecular weight excluding hydrogens is 330 g/mol. The Bertz CT molecular complexity index is 708. The lowest BCUT2D eigenvalue weighted by molar-refractivity contribution is 0.112. The minimum Gasteiger partial charge on any atom is -0.411 e. The van der Waals surface area contributed by atoms with Crippen LogP contribution in [-0.4, -0.2) is 29.6 Å². The fourth-order valence-corrected chi connectivity index (χ4v) is 2.90. The first-order valence-electron chi connectivity index (χ1n) is 7.44. The standard InChI is InChI=1S/C16H22ClN3O2Si/c1-16(2,3)23(4,5)22-11-14-9-20(19-18-14)15-7-6-13(17)8-12(15)10-21/h6-10H,11H2,1-5H3. The molecule has 0 N–H and O–H groups in total. The molecule has 0 aliphatic heterocycles. The van der Waals surface area contributed by atoms with Gasteiger partial charge in [-0.2, -0.15) is 0 Å². The third kappa shape index (κ3) is 4.07. The van der Waals surface area contributed by atoms with Crippen molar-refractivity contribution in [2.24, 2.45) is 0 Å². The van der Waals surface area contributed by atoms with Crippen LogP contribution in [0.2, 0.25) is 23.2 Å². The second kappa shape index (κ2) is 6.55. The van der Waals surface area contributed by atoms with Gasteiger partial charge in [0, 0.05) is 10.6 Å². The van der Waals surface area contributed by atoms with Crippen molar-refractivity contribution < 1.29 is 9.22 Å². The average molecular weight is 352 g/mol. The minimum absolute atomic E-state index is 0.143. The monoisotopic (exact) mass is 351 g/mol. The maximum Gasteiger partial charge on any atom is 0.192 e. The van der Waals surface area contributed by atoms with Gasteiger partial charge in [0.25, 0.3) is 0 Å². The third-order valence-corrected chi connectivity index (χ3v) is 9.00. The van der Waals surface area contributed by atoms with Crippen LogP contribution in [0, 0.1) is 0 Å². The van der Waals surface area contributed by atoms with Crippen LogP contribution in [0.4, 0.5) is 0 Å². The number of benzene rings is 1. The van der Waals surface area contributed by atoms with E-state index < -0.39 is 8.32 Å². The van der Waals surface area contributed by atoms with E-state index in [-0.39, 0.29) is 5.04 Å². The number of hydrogen-bond acceptors (Lipinski definition) is 4. The van der Waals surface area contributed by atoms with Crippen molar-refractivity contribution in [1.82, 2.24) is 15.0 Å². The molecule has 1 aromatic carbocycles. The number of aromatic nitrogens is 3.